The van der Waals surface area contributed by atoms with Gasteiger partial charge in [-0.05, 0) is 63.2 Å². The first kappa shape index (κ1) is 19.6. The van der Waals surface area contributed by atoms with Gasteiger partial charge in [-0.3, -0.25) is 9.69 Å². The van der Waals surface area contributed by atoms with Crippen LogP contribution in [0.3, 0.4) is 0 Å². The number of aromatic nitrogens is 2. The number of amides is 1. The average Bonchev–Trinajstić information content (AvgIpc) is 3.17. The smallest absolute Gasteiger partial charge is 0.257 e. The Bertz CT molecular complexity index is 978. The van der Waals surface area contributed by atoms with Gasteiger partial charge in [0.25, 0.3) is 5.89 Å². The van der Waals surface area contributed by atoms with Crippen molar-refractivity contribution >= 4 is 23.2 Å². The topological polar surface area (TPSA) is 71.3 Å². The Morgan fingerprint density at radius 2 is 1.97 bits per heavy atom. The Balaban J connectivity index is 1.29. The number of hydrogen-bond acceptors (Lipinski definition) is 5. The van der Waals surface area contributed by atoms with E-state index in [1.165, 1.54) is 5.56 Å². The fourth-order valence-electron chi connectivity index (χ4n) is 3.50. The highest BCUT2D eigenvalue weighted by Crippen LogP contribution is 2.23. The number of rotatable bonds is 5. The molecule has 1 aliphatic rings. The van der Waals surface area contributed by atoms with Gasteiger partial charge < -0.3 is 9.84 Å². The number of nitrogens with one attached hydrogen (secondary N) is 1. The van der Waals surface area contributed by atoms with E-state index in [1.807, 2.05) is 43.3 Å². The lowest BCUT2D eigenvalue weighted by molar-refractivity contribution is -0.121. The molecule has 6 nitrogen and oxygen atoms in total. The van der Waals surface area contributed by atoms with Crippen LogP contribution in [-0.2, 0) is 11.3 Å². The van der Waals surface area contributed by atoms with Gasteiger partial charge in [0.15, 0.2) is 5.82 Å². The Morgan fingerprint density at radius 3 is 2.69 bits per heavy atom. The fraction of sp³-hybridized carbons (Fsp3) is 0.318. The van der Waals surface area contributed by atoms with Crippen molar-refractivity contribution in [3.63, 3.8) is 0 Å². The third-order valence-corrected chi connectivity index (χ3v) is 5.42. The molecule has 2 heterocycles. The Kier molecular flexibility index (Phi) is 5.92. The first-order chi connectivity index (χ1) is 14.1. The lowest BCUT2D eigenvalue weighted by Crippen LogP contribution is -2.38. The molecule has 150 valence electrons. The van der Waals surface area contributed by atoms with Crippen LogP contribution in [0.25, 0.3) is 11.5 Å². The van der Waals surface area contributed by atoms with E-state index in [1.54, 1.807) is 12.1 Å². The zero-order valence-corrected chi connectivity index (χ0v) is 17.0. The number of halogens is 1. The summed E-state index contributed by atoms with van der Waals surface area (Å²) in [5.41, 5.74) is 2.85. The van der Waals surface area contributed by atoms with Gasteiger partial charge in [-0.25, -0.2) is 0 Å². The third-order valence-electron chi connectivity index (χ3n) is 5.18. The summed E-state index contributed by atoms with van der Waals surface area (Å²) in [6, 6.07) is 15.2. The van der Waals surface area contributed by atoms with Crippen LogP contribution in [0.15, 0.2) is 53.1 Å². The van der Waals surface area contributed by atoms with Gasteiger partial charge in [-0.15, -0.1) is 0 Å². The third kappa shape index (κ3) is 5.02. The fourth-order valence-corrected chi connectivity index (χ4v) is 3.69. The summed E-state index contributed by atoms with van der Waals surface area (Å²) in [5, 5.41) is 7.68. The maximum atomic E-state index is 12.5. The van der Waals surface area contributed by atoms with Gasteiger partial charge in [-0.2, -0.15) is 4.98 Å². The molecule has 0 radical (unpaired) electrons. The van der Waals surface area contributed by atoms with Gasteiger partial charge in [0.05, 0.1) is 6.54 Å². The zero-order chi connectivity index (χ0) is 20.2. The number of aryl methyl sites for hydroxylation is 1. The van der Waals surface area contributed by atoms with Crippen molar-refractivity contribution in [1.29, 1.82) is 0 Å². The van der Waals surface area contributed by atoms with E-state index in [0.717, 1.165) is 37.2 Å². The molecule has 1 aliphatic heterocycles. The monoisotopic (exact) mass is 410 g/mol. The summed E-state index contributed by atoms with van der Waals surface area (Å²) in [6.07, 6.45) is 1.60. The molecule has 1 amide bonds. The SMILES string of the molecule is Cc1ccc(-c2nc(CN3CCC(C(=O)Nc4cccc(Cl)c4)CC3)no2)cc1. The quantitative estimate of drug-likeness (QED) is 0.668. The molecule has 3 aromatic rings. The number of anilines is 1. The largest absolute Gasteiger partial charge is 0.334 e. The van der Waals surface area contributed by atoms with Crippen LogP contribution >= 0.6 is 11.6 Å². The lowest BCUT2D eigenvalue weighted by Gasteiger charge is -2.30. The van der Waals surface area contributed by atoms with Gasteiger partial charge in [0, 0.05) is 22.2 Å². The molecular weight excluding hydrogens is 388 g/mol. The van der Waals surface area contributed by atoms with E-state index in [4.69, 9.17) is 16.1 Å². The number of nitrogens with zero attached hydrogens (tertiary/aromatic N) is 3. The minimum absolute atomic E-state index is 0.00128. The number of benzene rings is 2. The van der Waals surface area contributed by atoms with Crippen molar-refractivity contribution in [3.05, 3.63) is 64.9 Å². The second-order valence-corrected chi connectivity index (χ2v) is 7.87. The Labute approximate surface area is 174 Å². The molecule has 1 saturated heterocycles. The van der Waals surface area contributed by atoms with Crippen LogP contribution in [0.2, 0.25) is 5.02 Å². The number of carbonyl (C=O) groups is 1. The molecule has 0 spiro atoms. The summed E-state index contributed by atoms with van der Waals surface area (Å²) in [6.45, 7) is 4.31. The van der Waals surface area contributed by atoms with Gasteiger partial charge in [0.2, 0.25) is 5.91 Å². The van der Waals surface area contributed by atoms with Crippen LogP contribution in [0, 0.1) is 12.8 Å². The molecule has 0 saturated carbocycles. The van der Waals surface area contributed by atoms with E-state index in [-0.39, 0.29) is 11.8 Å². The molecule has 1 N–H and O–H groups in total. The summed E-state index contributed by atoms with van der Waals surface area (Å²) in [7, 11) is 0. The van der Waals surface area contributed by atoms with E-state index in [2.05, 4.69) is 20.4 Å². The summed E-state index contributed by atoms with van der Waals surface area (Å²) in [4.78, 5) is 19.3. The predicted molar refractivity (Wildman–Crippen MR) is 113 cm³/mol. The van der Waals surface area contributed by atoms with Crippen LogP contribution < -0.4 is 5.32 Å². The molecule has 2 aromatic carbocycles. The second kappa shape index (κ2) is 8.76. The minimum Gasteiger partial charge on any atom is -0.334 e. The van der Waals surface area contributed by atoms with Crippen LogP contribution in [0.4, 0.5) is 5.69 Å². The van der Waals surface area contributed by atoms with Crippen molar-refractivity contribution < 1.29 is 9.32 Å². The van der Waals surface area contributed by atoms with E-state index in [0.29, 0.717) is 23.3 Å². The van der Waals surface area contributed by atoms with Crippen molar-refractivity contribution in [3.8, 4) is 11.5 Å². The molecule has 1 fully saturated rings. The van der Waals surface area contributed by atoms with E-state index in [9.17, 15) is 4.79 Å². The first-order valence-electron chi connectivity index (χ1n) is 9.75. The van der Waals surface area contributed by atoms with Crippen molar-refractivity contribution in [2.24, 2.45) is 5.92 Å². The summed E-state index contributed by atoms with van der Waals surface area (Å²) >= 11 is 5.98. The molecular formula is C22H23ClN4O2. The van der Waals surface area contributed by atoms with E-state index < -0.39 is 0 Å². The normalized spacial score (nSPS) is 15.4. The molecule has 1 aromatic heterocycles. The highest BCUT2D eigenvalue weighted by Gasteiger charge is 2.26. The summed E-state index contributed by atoms with van der Waals surface area (Å²) < 4.78 is 5.40. The number of piperidine rings is 1. The highest BCUT2D eigenvalue weighted by molar-refractivity contribution is 6.30. The van der Waals surface area contributed by atoms with Crippen LogP contribution in [-0.4, -0.2) is 34.0 Å². The van der Waals surface area contributed by atoms with Gasteiger partial charge in [0.1, 0.15) is 0 Å². The molecule has 0 aliphatic carbocycles. The Morgan fingerprint density at radius 1 is 1.21 bits per heavy atom. The molecule has 0 unspecified atom stereocenters. The standard InChI is InChI=1S/C22H23ClN4O2/c1-15-5-7-17(8-6-15)22-25-20(26-29-22)14-27-11-9-16(10-12-27)21(28)24-19-4-2-3-18(23)13-19/h2-8,13,16H,9-12,14H2,1H3,(H,24,28). The van der Waals surface area contributed by atoms with Crippen LogP contribution in [0.1, 0.15) is 24.2 Å². The van der Waals surface area contributed by atoms with Crippen molar-refractivity contribution in [1.82, 2.24) is 15.0 Å². The maximum Gasteiger partial charge on any atom is 0.257 e. The summed E-state index contributed by atoms with van der Waals surface area (Å²) in [5.74, 6) is 1.25. The van der Waals surface area contributed by atoms with E-state index >= 15 is 0 Å². The molecule has 0 atom stereocenters. The zero-order valence-electron chi connectivity index (χ0n) is 16.3. The Hall–Kier alpha value is -2.70. The van der Waals surface area contributed by atoms with Crippen LogP contribution in [0.5, 0.6) is 0 Å². The first-order valence-corrected chi connectivity index (χ1v) is 10.1. The minimum atomic E-state index is -0.00128. The van der Waals surface area contributed by atoms with Gasteiger partial charge in [-0.1, -0.05) is 40.5 Å². The molecule has 4 rings (SSSR count). The van der Waals surface area contributed by atoms with Gasteiger partial charge >= 0.3 is 0 Å². The molecule has 0 bridgehead atoms. The predicted octanol–water partition coefficient (Wildman–Crippen LogP) is 4.55. The second-order valence-electron chi connectivity index (χ2n) is 7.43. The highest BCUT2D eigenvalue weighted by atomic mass is 35.5. The molecule has 7 heteroatoms. The number of carbonyl (C=O) groups excluding carboxylic acids is 1. The van der Waals surface area contributed by atoms with Crippen molar-refractivity contribution in [2.45, 2.75) is 26.3 Å². The van der Waals surface area contributed by atoms with Crippen molar-refractivity contribution in [2.75, 3.05) is 18.4 Å². The maximum absolute atomic E-state index is 12.5. The molecule has 29 heavy (non-hydrogen) atoms. The number of hydrogen-bond donors (Lipinski definition) is 1. The lowest BCUT2D eigenvalue weighted by atomic mass is 9.96. The average molecular weight is 411 g/mol. The number of likely N-dealkylation sites (tertiary alicyclic amines) is 1.